The van der Waals surface area contributed by atoms with Crippen LogP contribution in [0.2, 0.25) is 0 Å². The van der Waals surface area contributed by atoms with Gasteiger partial charge < -0.3 is 10.1 Å². The van der Waals surface area contributed by atoms with Gasteiger partial charge in [0.1, 0.15) is 5.75 Å². The summed E-state index contributed by atoms with van der Waals surface area (Å²) in [5, 5.41) is 3.38. The maximum Gasteiger partial charge on any atom is 0.119 e. The fourth-order valence-corrected chi connectivity index (χ4v) is 2.08. The molecule has 0 aliphatic rings. The van der Waals surface area contributed by atoms with E-state index in [1.807, 2.05) is 7.05 Å². The topological polar surface area (TPSA) is 21.3 Å². The lowest BCUT2D eigenvalue weighted by Gasteiger charge is -2.30. The molecule has 1 atom stereocenters. The van der Waals surface area contributed by atoms with Gasteiger partial charge >= 0.3 is 0 Å². The maximum atomic E-state index is 5.59. The predicted molar refractivity (Wildman–Crippen MR) is 73.5 cm³/mol. The first-order valence-electron chi connectivity index (χ1n) is 6.39. The van der Waals surface area contributed by atoms with Crippen LogP contribution in [0.15, 0.2) is 24.3 Å². The van der Waals surface area contributed by atoms with Crippen molar-refractivity contribution in [1.29, 1.82) is 0 Å². The Balaban J connectivity index is 2.78. The highest BCUT2D eigenvalue weighted by atomic mass is 16.5. The van der Waals surface area contributed by atoms with Gasteiger partial charge in [-0.15, -0.1) is 0 Å². The normalized spacial score (nSPS) is 13.5. The number of benzene rings is 1. The van der Waals surface area contributed by atoms with Crippen LogP contribution in [0.4, 0.5) is 0 Å². The summed E-state index contributed by atoms with van der Waals surface area (Å²) in [4.78, 5) is 0. The van der Waals surface area contributed by atoms with Crippen LogP contribution in [0, 0.1) is 5.41 Å². The molecule has 96 valence electrons. The van der Waals surface area contributed by atoms with E-state index in [2.05, 4.69) is 57.3 Å². The van der Waals surface area contributed by atoms with Crippen molar-refractivity contribution in [2.24, 2.45) is 5.41 Å². The maximum absolute atomic E-state index is 5.59. The van der Waals surface area contributed by atoms with E-state index in [1.54, 1.807) is 0 Å². The minimum Gasteiger partial charge on any atom is -0.494 e. The molecule has 1 rings (SSSR count). The van der Waals surface area contributed by atoms with E-state index in [0.717, 1.165) is 18.8 Å². The zero-order chi connectivity index (χ0) is 12.9. The van der Waals surface area contributed by atoms with Crippen molar-refractivity contribution in [3.8, 4) is 5.75 Å². The molecule has 0 aliphatic carbocycles. The average molecular weight is 235 g/mol. The summed E-state index contributed by atoms with van der Waals surface area (Å²) in [6, 6.07) is 8.78. The standard InChI is InChI=1S/C15H25NO/c1-6-11-17-13-9-7-12(8-10-13)14(16-5)15(2,3)4/h7-10,14,16H,6,11H2,1-5H3. The van der Waals surface area contributed by atoms with Crippen LogP contribution in [-0.2, 0) is 0 Å². The van der Waals surface area contributed by atoms with Crippen molar-refractivity contribution in [3.05, 3.63) is 29.8 Å². The minimum absolute atomic E-state index is 0.209. The van der Waals surface area contributed by atoms with Gasteiger partial charge in [0.05, 0.1) is 6.61 Å². The first-order chi connectivity index (χ1) is 7.99. The molecule has 0 bridgehead atoms. The Labute approximate surface area is 105 Å². The molecule has 0 aromatic heterocycles. The summed E-state index contributed by atoms with van der Waals surface area (Å²) in [5.41, 5.74) is 1.52. The third kappa shape index (κ3) is 4.04. The van der Waals surface area contributed by atoms with Gasteiger partial charge in [0.25, 0.3) is 0 Å². The molecule has 1 aromatic carbocycles. The molecule has 0 amide bonds. The van der Waals surface area contributed by atoms with E-state index in [4.69, 9.17) is 4.74 Å². The van der Waals surface area contributed by atoms with Crippen LogP contribution in [0.25, 0.3) is 0 Å². The Kier molecular flexibility index (Phi) is 5.01. The third-order valence-corrected chi connectivity index (χ3v) is 2.84. The molecule has 2 nitrogen and oxygen atoms in total. The molecule has 0 saturated heterocycles. The lowest BCUT2D eigenvalue weighted by Crippen LogP contribution is -2.29. The summed E-state index contributed by atoms with van der Waals surface area (Å²) in [6.07, 6.45) is 1.04. The highest BCUT2D eigenvalue weighted by molar-refractivity contribution is 5.30. The fraction of sp³-hybridized carbons (Fsp3) is 0.600. The van der Waals surface area contributed by atoms with Crippen LogP contribution in [-0.4, -0.2) is 13.7 Å². The second kappa shape index (κ2) is 6.06. The lowest BCUT2D eigenvalue weighted by atomic mass is 9.82. The van der Waals surface area contributed by atoms with Crippen molar-refractivity contribution in [2.75, 3.05) is 13.7 Å². The van der Waals surface area contributed by atoms with Crippen molar-refractivity contribution < 1.29 is 4.74 Å². The number of nitrogens with one attached hydrogen (secondary N) is 1. The Bertz CT molecular complexity index is 324. The molecular weight excluding hydrogens is 210 g/mol. The Morgan fingerprint density at radius 1 is 1.18 bits per heavy atom. The number of ether oxygens (including phenoxy) is 1. The zero-order valence-corrected chi connectivity index (χ0v) is 11.7. The van der Waals surface area contributed by atoms with Crippen LogP contribution in [0.3, 0.4) is 0 Å². The van der Waals surface area contributed by atoms with E-state index in [-0.39, 0.29) is 5.41 Å². The molecule has 17 heavy (non-hydrogen) atoms. The smallest absolute Gasteiger partial charge is 0.119 e. The largest absolute Gasteiger partial charge is 0.494 e. The first-order valence-corrected chi connectivity index (χ1v) is 6.39. The van der Waals surface area contributed by atoms with E-state index in [9.17, 15) is 0 Å². The summed E-state index contributed by atoms with van der Waals surface area (Å²) < 4.78 is 5.59. The quantitative estimate of drug-likeness (QED) is 0.838. The SMILES string of the molecule is CCCOc1ccc(C(NC)C(C)(C)C)cc1. The molecule has 0 aliphatic heterocycles. The number of hydrogen-bond donors (Lipinski definition) is 1. The second-order valence-corrected chi connectivity index (χ2v) is 5.51. The number of rotatable bonds is 5. The van der Waals surface area contributed by atoms with Gasteiger partial charge in [0.15, 0.2) is 0 Å². The van der Waals surface area contributed by atoms with E-state index in [1.165, 1.54) is 5.56 Å². The van der Waals surface area contributed by atoms with Gasteiger partial charge in [-0.3, -0.25) is 0 Å². The molecule has 0 radical (unpaired) electrons. The van der Waals surface area contributed by atoms with Crippen LogP contribution >= 0.6 is 0 Å². The highest BCUT2D eigenvalue weighted by Crippen LogP contribution is 2.32. The van der Waals surface area contributed by atoms with Crippen LogP contribution in [0.5, 0.6) is 5.75 Å². The Hall–Kier alpha value is -1.02. The molecular formula is C15H25NO. The molecule has 2 heteroatoms. The number of hydrogen-bond acceptors (Lipinski definition) is 2. The Morgan fingerprint density at radius 2 is 1.76 bits per heavy atom. The first kappa shape index (κ1) is 14.0. The van der Waals surface area contributed by atoms with Crippen molar-refractivity contribution >= 4 is 0 Å². The molecule has 0 spiro atoms. The molecule has 0 fully saturated rings. The summed E-state index contributed by atoms with van der Waals surface area (Å²) >= 11 is 0. The fourth-order valence-electron chi connectivity index (χ4n) is 2.08. The molecule has 0 saturated carbocycles. The van der Waals surface area contributed by atoms with E-state index >= 15 is 0 Å². The van der Waals surface area contributed by atoms with E-state index < -0.39 is 0 Å². The lowest BCUT2D eigenvalue weighted by molar-refractivity contribution is 0.286. The van der Waals surface area contributed by atoms with Gasteiger partial charge in [0, 0.05) is 6.04 Å². The summed E-state index contributed by atoms with van der Waals surface area (Å²) in [7, 11) is 2.01. The van der Waals surface area contributed by atoms with Gasteiger partial charge in [-0.25, -0.2) is 0 Å². The van der Waals surface area contributed by atoms with Crippen molar-refractivity contribution in [2.45, 2.75) is 40.2 Å². The minimum atomic E-state index is 0.209. The monoisotopic (exact) mass is 235 g/mol. The van der Waals surface area contributed by atoms with Gasteiger partial charge in [-0.05, 0) is 36.6 Å². The molecule has 1 unspecified atom stereocenters. The van der Waals surface area contributed by atoms with Crippen molar-refractivity contribution in [3.63, 3.8) is 0 Å². The zero-order valence-electron chi connectivity index (χ0n) is 11.7. The van der Waals surface area contributed by atoms with Crippen molar-refractivity contribution in [1.82, 2.24) is 5.32 Å². The van der Waals surface area contributed by atoms with Gasteiger partial charge in [0.2, 0.25) is 0 Å². The third-order valence-electron chi connectivity index (χ3n) is 2.84. The summed E-state index contributed by atoms with van der Waals surface area (Å²) in [6.45, 7) is 9.64. The van der Waals surface area contributed by atoms with Gasteiger partial charge in [-0.1, -0.05) is 39.8 Å². The predicted octanol–water partition coefficient (Wildman–Crippen LogP) is 3.78. The molecule has 0 heterocycles. The van der Waals surface area contributed by atoms with Crippen LogP contribution < -0.4 is 10.1 Å². The summed E-state index contributed by atoms with van der Waals surface area (Å²) in [5.74, 6) is 0.958. The molecule has 1 aromatic rings. The average Bonchev–Trinajstić information content (AvgIpc) is 2.27. The van der Waals surface area contributed by atoms with Crippen LogP contribution in [0.1, 0.15) is 45.7 Å². The van der Waals surface area contributed by atoms with Gasteiger partial charge in [-0.2, -0.15) is 0 Å². The highest BCUT2D eigenvalue weighted by Gasteiger charge is 2.24. The Morgan fingerprint density at radius 3 is 2.18 bits per heavy atom. The second-order valence-electron chi connectivity index (χ2n) is 5.51. The molecule has 1 N–H and O–H groups in total. The van der Waals surface area contributed by atoms with E-state index in [0.29, 0.717) is 6.04 Å².